The van der Waals surface area contributed by atoms with E-state index in [-0.39, 0.29) is 37.5 Å². The second-order valence-electron chi connectivity index (χ2n) is 4.85. The van der Waals surface area contributed by atoms with E-state index in [1.165, 1.54) is 16.8 Å². The van der Waals surface area contributed by atoms with Crippen molar-refractivity contribution in [2.75, 3.05) is 20.0 Å². The number of nitro groups is 1. The first-order valence-corrected chi connectivity index (χ1v) is 7.90. The Labute approximate surface area is 160 Å². The standard InChI is InChI=1S/C15H11IN4O6/c1-25-14(21)9-3-8(20(23)24)4-10(16)12(9)19-6-7(5-17)11(18)13(19)15(22)26-2/h3-4,6H,18H2,1-2H3. The van der Waals surface area contributed by atoms with Crippen molar-refractivity contribution in [2.24, 2.45) is 0 Å². The molecule has 0 unspecified atom stereocenters. The summed E-state index contributed by atoms with van der Waals surface area (Å²) in [5, 5.41) is 20.3. The molecule has 26 heavy (non-hydrogen) atoms. The number of ether oxygens (including phenoxy) is 2. The van der Waals surface area contributed by atoms with Crippen LogP contribution >= 0.6 is 22.6 Å². The minimum atomic E-state index is -0.858. The lowest BCUT2D eigenvalue weighted by Gasteiger charge is -2.14. The number of non-ortho nitro benzene ring substituents is 1. The SMILES string of the molecule is COC(=O)c1cc([N+](=O)[O-])cc(I)c1-n1cc(C#N)c(N)c1C(=O)OC. The molecule has 134 valence electrons. The fraction of sp³-hybridized carbons (Fsp3) is 0.133. The van der Waals surface area contributed by atoms with E-state index in [1.54, 1.807) is 22.6 Å². The number of esters is 2. The number of benzene rings is 1. The molecule has 10 nitrogen and oxygen atoms in total. The number of nitrogen functional groups attached to an aromatic ring is 1. The van der Waals surface area contributed by atoms with Crippen molar-refractivity contribution in [1.29, 1.82) is 5.26 Å². The van der Waals surface area contributed by atoms with Gasteiger partial charge in [0.2, 0.25) is 0 Å². The third kappa shape index (κ3) is 3.18. The van der Waals surface area contributed by atoms with Gasteiger partial charge in [-0.15, -0.1) is 0 Å². The van der Waals surface area contributed by atoms with Gasteiger partial charge in [-0.3, -0.25) is 10.1 Å². The van der Waals surface area contributed by atoms with E-state index in [4.69, 9.17) is 5.73 Å². The summed E-state index contributed by atoms with van der Waals surface area (Å²) in [6.07, 6.45) is 1.25. The number of hydrogen-bond acceptors (Lipinski definition) is 8. The number of nitrogens with zero attached hydrogens (tertiary/aromatic N) is 3. The van der Waals surface area contributed by atoms with Crippen LogP contribution in [0.4, 0.5) is 11.4 Å². The highest BCUT2D eigenvalue weighted by Gasteiger charge is 2.28. The van der Waals surface area contributed by atoms with E-state index >= 15 is 0 Å². The summed E-state index contributed by atoms with van der Waals surface area (Å²) in [6.45, 7) is 0. The Morgan fingerprint density at radius 2 is 1.92 bits per heavy atom. The Kier molecular flexibility index (Phi) is 5.46. The number of methoxy groups -OCH3 is 2. The Morgan fingerprint density at radius 3 is 2.42 bits per heavy atom. The molecule has 1 aromatic heterocycles. The first-order chi connectivity index (χ1) is 12.3. The molecule has 0 aliphatic carbocycles. The van der Waals surface area contributed by atoms with Gasteiger partial charge in [0.15, 0.2) is 5.69 Å². The van der Waals surface area contributed by atoms with Gasteiger partial charge < -0.3 is 19.8 Å². The molecule has 2 aromatic rings. The van der Waals surface area contributed by atoms with Crippen LogP contribution in [0.3, 0.4) is 0 Å². The number of aromatic nitrogens is 1. The Balaban J connectivity index is 2.93. The average Bonchev–Trinajstić information content (AvgIpc) is 2.95. The van der Waals surface area contributed by atoms with Crippen LogP contribution in [-0.4, -0.2) is 35.6 Å². The largest absolute Gasteiger partial charge is 0.465 e. The quantitative estimate of drug-likeness (QED) is 0.309. The molecule has 0 aliphatic rings. The normalized spacial score (nSPS) is 10.1. The molecular formula is C15H11IN4O6. The average molecular weight is 470 g/mol. The van der Waals surface area contributed by atoms with Crippen molar-refractivity contribution in [2.45, 2.75) is 0 Å². The Morgan fingerprint density at radius 1 is 1.31 bits per heavy atom. The van der Waals surface area contributed by atoms with Crippen LogP contribution in [0.2, 0.25) is 0 Å². The molecule has 0 bridgehead atoms. The predicted octanol–water partition coefficient (Wildman–Crippen LogP) is 2.02. The van der Waals surface area contributed by atoms with Gasteiger partial charge in [0.05, 0.1) is 41.6 Å². The molecule has 0 spiro atoms. The summed E-state index contributed by atoms with van der Waals surface area (Å²) in [7, 11) is 2.25. The van der Waals surface area contributed by atoms with E-state index in [0.717, 1.165) is 20.3 Å². The fourth-order valence-electron chi connectivity index (χ4n) is 2.29. The van der Waals surface area contributed by atoms with E-state index < -0.39 is 16.9 Å². The molecule has 0 saturated heterocycles. The minimum absolute atomic E-state index is 0.0182. The molecule has 2 N–H and O–H groups in total. The summed E-state index contributed by atoms with van der Waals surface area (Å²) in [5.41, 5.74) is 5.11. The lowest BCUT2D eigenvalue weighted by Crippen LogP contribution is -2.16. The fourth-order valence-corrected chi connectivity index (χ4v) is 3.16. The van der Waals surface area contributed by atoms with Crippen molar-refractivity contribution >= 4 is 45.9 Å². The smallest absolute Gasteiger partial charge is 0.357 e. The van der Waals surface area contributed by atoms with Crippen LogP contribution in [0.15, 0.2) is 18.3 Å². The van der Waals surface area contributed by atoms with Gasteiger partial charge >= 0.3 is 11.9 Å². The predicted molar refractivity (Wildman–Crippen MR) is 96.9 cm³/mol. The van der Waals surface area contributed by atoms with Crippen molar-refractivity contribution in [3.63, 3.8) is 0 Å². The van der Waals surface area contributed by atoms with Gasteiger partial charge in [0, 0.05) is 21.9 Å². The summed E-state index contributed by atoms with van der Waals surface area (Å²) >= 11 is 1.77. The van der Waals surface area contributed by atoms with Gasteiger partial charge in [-0.2, -0.15) is 5.26 Å². The minimum Gasteiger partial charge on any atom is -0.465 e. The van der Waals surface area contributed by atoms with E-state index in [0.29, 0.717) is 0 Å². The lowest BCUT2D eigenvalue weighted by atomic mass is 10.1. The zero-order valence-corrected chi connectivity index (χ0v) is 15.6. The highest BCUT2D eigenvalue weighted by molar-refractivity contribution is 14.1. The number of nitriles is 1. The third-order valence-electron chi connectivity index (χ3n) is 3.45. The highest BCUT2D eigenvalue weighted by atomic mass is 127. The van der Waals surface area contributed by atoms with Gasteiger partial charge in [0.25, 0.3) is 5.69 Å². The van der Waals surface area contributed by atoms with Gasteiger partial charge in [-0.1, -0.05) is 0 Å². The van der Waals surface area contributed by atoms with Crippen molar-refractivity contribution in [3.05, 3.63) is 48.8 Å². The summed E-state index contributed by atoms with van der Waals surface area (Å²) in [5.74, 6) is -1.70. The first kappa shape index (κ1) is 19.2. The molecule has 0 atom stereocenters. The molecule has 0 aliphatic heterocycles. The van der Waals surface area contributed by atoms with Crippen molar-refractivity contribution in [1.82, 2.24) is 4.57 Å². The maximum atomic E-state index is 12.2. The topological polar surface area (TPSA) is 150 Å². The molecule has 11 heteroatoms. The van der Waals surface area contributed by atoms with Crippen LogP contribution in [-0.2, 0) is 9.47 Å². The van der Waals surface area contributed by atoms with Gasteiger partial charge in [-0.05, 0) is 22.6 Å². The zero-order valence-electron chi connectivity index (χ0n) is 13.5. The molecule has 0 fully saturated rings. The summed E-state index contributed by atoms with van der Waals surface area (Å²) < 4.78 is 10.8. The maximum Gasteiger partial charge on any atom is 0.357 e. The number of nitro benzene ring substituents is 1. The maximum absolute atomic E-state index is 12.2. The number of carbonyl (C=O) groups is 2. The molecule has 1 heterocycles. The Bertz CT molecular complexity index is 975. The number of hydrogen-bond donors (Lipinski definition) is 1. The number of nitrogens with two attached hydrogens (primary N) is 1. The molecule has 2 rings (SSSR count). The molecule has 0 radical (unpaired) electrons. The number of anilines is 1. The number of halogens is 1. The van der Waals surface area contributed by atoms with Crippen LogP contribution in [0.25, 0.3) is 5.69 Å². The van der Waals surface area contributed by atoms with Crippen LogP contribution < -0.4 is 5.73 Å². The van der Waals surface area contributed by atoms with Crippen LogP contribution in [0, 0.1) is 25.0 Å². The first-order valence-electron chi connectivity index (χ1n) is 6.82. The third-order valence-corrected chi connectivity index (χ3v) is 4.27. The summed E-state index contributed by atoms with van der Waals surface area (Å²) in [6, 6.07) is 4.07. The van der Waals surface area contributed by atoms with Crippen molar-refractivity contribution in [3.8, 4) is 11.8 Å². The van der Waals surface area contributed by atoms with Crippen LogP contribution in [0.5, 0.6) is 0 Å². The summed E-state index contributed by atoms with van der Waals surface area (Å²) in [4.78, 5) is 34.7. The second kappa shape index (κ2) is 7.40. The lowest BCUT2D eigenvalue weighted by molar-refractivity contribution is -0.385. The van der Waals surface area contributed by atoms with Crippen molar-refractivity contribution < 1.29 is 24.0 Å². The van der Waals surface area contributed by atoms with Gasteiger partial charge in [-0.25, -0.2) is 9.59 Å². The molecule has 1 aromatic carbocycles. The number of carbonyl (C=O) groups excluding carboxylic acids is 2. The van der Waals surface area contributed by atoms with Crippen LogP contribution in [0.1, 0.15) is 26.4 Å². The van der Waals surface area contributed by atoms with E-state index in [2.05, 4.69) is 9.47 Å². The molecular weight excluding hydrogens is 459 g/mol. The highest BCUT2D eigenvalue weighted by Crippen LogP contribution is 2.32. The Hall–Kier alpha value is -3.14. The second-order valence-corrected chi connectivity index (χ2v) is 6.01. The van der Waals surface area contributed by atoms with Gasteiger partial charge in [0.1, 0.15) is 6.07 Å². The molecule has 0 saturated carbocycles. The van der Waals surface area contributed by atoms with E-state index in [1.807, 2.05) is 6.07 Å². The zero-order chi connectivity index (χ0) is 19.6. The monoisotopic (exact) mass is 470 g/mol. The van der Waals surface area contributed by atoms with E-state index in [9.17, 15) is 25.0 Å². The number of rotatable bonds is 4. The molecule has 0 amide bonds.